The van der Waals surface area contributed by atoms with E-state index in [0.717, 1.165) is 6.20 Å². The van der Waals surface area contributed by atoms with Crippen molar-refractivity contribution in [1.29, 1.82) is 0 Å². The lowest BCUT2D eigenvalue weighted by Crippen LogP contribution is -2.52. The molecule has 1 saturated carbocycles. The molecule has 3 aliphatic rings. The largest absolute Gasteiger partial charge is 0.446 e. The van der Waals surface area contributed by atoms with Crippen LogP contribution in [0.2, 0.25) is 0 Å². The number of hydrogen-bond donors (Lipinski definition) is 2. The molecule has 2 N–H and O–H groups in total. The highest BCUT2D eigenvalue weighted by molar-refractivity contribution is 6.05. The quantitative estimate of drug-likeness (QED) is 0.447. The van der Waals surface area contributed by atoms with Gasteiger partial charge >= 0.3 is 12.3 Å². The summed E-state index contributed by atoms with van der Waals surface area (Å²) in [4.78, 5) is 49.9. The molecule has 1 aliphatic carbocycles. The molecule has 1 unspecified atom stereocenters. The van der Waals surface area contributed by atoms with Crippen molar-refractivity contribution in [1.82, 2.24) is 25.3 Å². The van der Waals surface area contributed by atoms with Gasteiger partial charge < -0.3 is 15.0 Å². The van der Waals surface area contributed by atoms with Crippen LogP contribution >= 0.6 is 0 Å². The Hall–Kier alpha value is -3.97. The normalized spacial score (nSPS) is 23.1. The number of alkyl carbamates (subject to hydrolysis) is 1. The molecule has 1 aromatic carbocycles. The second-order valence-electron chi connectivity index (χ2n) is 9.59. The number of carbonyl (C=O) groups excluding carboxylic acids is 4. The lowest BCUT2D eigenvalue weighted by atomic mass is 9.78. The number of imide groups is 1. The Morgan fingerprint density at radius 1 is 1.24 bits per heavy atom. The number of amides is 4. The highest BCUT2D eigenvalue weighted by Gasteiger charge is 2.43. The van der Waals surface area contributed by atoms with Crippen LogP contribution in [0.25, 0.3) is 0 Å². The van der Waals surface area contributed by atoms with Gasteiger partial charge in [-0.3, -0.25) is 24.4 Å². The van der Waals surface area contributed by atoms with Crippen LogP contribution in [0.1, 0.15) is 64.3 Å². The number of benzene rings is 1. The maximum absolute atomic E-state index is 15.2. The molecule has 0 radical (unpaired) electrons. The molecule has 14 heteroatoms. The maximum Gasteiger partial charge on any atom is 0.419 e. The van der Waals surface area contributed by atoms with Gasteiger partial charge in [0.05, 0.1) is 23.0 Å². The van der Waals surface area contributed by atoms with Gasteiger partial charge in [0.25, 0.3) is 5.91 Å². The van der Waals surface area contributed by atoms with Crippen molar-refractivity contribution in [2.75, 3.05) is 0 Å². The molecule has 4 amide bonds. The Morgan fingerprint density at radius 3 is 2.66 bits per heavy atom. The van der Waals surface area contributed by atoms with Gasteiger partial charge in [-0.05, 0) is 24.8 Å². The summed E-state index contributed by atoms with van der Waals surface area (Å²) in [6, 6.07) is 2.07. The van der Waals surface area contributed by atoms with Crippen molar-refractivity contribution in [2.45, 2.75) is 63.0 Å². The number of aromatic nitrogens is 2. The summed E-state index contributed by atoms with van der Waals surface area (Å²) in [6.07, 6.45) is -4.64. The molecule has 2 aliphatic heterocycles. The molecule has 0 bridgehead atoms. The van der Waals surface area contributed by atoms with Crippen molar-refractivity contribution in [3.8, 4) is 0 Å². The summed E-state index contributed by atoms with van der Waals surface area (Å²) in [7, 11) is 1.42. The van der Waals surface area contributed by atoms with Crippen molar-refractivity contribution in [3.05, 3.63) is 52.1 Å². The third kappa shape index (κ3) is 4.58. The molecule has 1 saturated heterocycles. The maximum atomic E-state index is 15.2. The number of piperidine rings is 1. The van der Waals surface area contributed by atoms with Crippen LogP contribution in [0.4, 0.5) is 22.4 Å². The summed E-state index contributed by atoms with van der Waals surface area (Å²) in [5.41, 5.74) is -0.562. The first-order valence-electron chi connectivity index (χ1n) is 11.9. The first kappa shape index (κ1) is 25.7. The Morgan fingerprint density at radius 2 is 1.97 bits per heavy atom. The molecular weight excluding hydrogens is 514 g/mol. The topological polar surface area (TPSA) is 123 Å². The number of rotatable bonds is 5. The van der Waals surface area contributed by atoms with E-state index in [1.54, 1.807) is 0 Å². The van der Waals surface area contributed by atoms with Crippen LogP contribution in [0.3, 0.4) is 0 Å². The van der Waals surface area contributed by atoms with E-state index in [-0.39, 0.29) is 55.6 Å². The standard InChI is InChI=1S/C24H23F4N5O5/c1-32-20(15(9-30-32)24(26,27)28)13-6-14(7-13)38-23(37)29-8-11-2-3-12-10-33(22(36)18(12)19(11)25)16-4-5-17(34)31-21(16)35/h2-3,9,13-14,16H,4-8,10H2,1H3,(H,29,37)(H,31,34,35). The Bertz CT molecular complexity index is 1330. The van der Waals surface area contributed by atoms with Gasteiger partial charge in [0.1, 0.15) is 18.0 Å². The number of nitrogens with one attached hydrogen (secondary N) is 2. The predicted octanol–water partition coefficient (Wildman–Crippen LogP) is 2.51. The summed E-state index contributed by atoms with van der Waals surface area (Å²) in [6.45, 7) is -0.275. The van der Waals surface area contributed by atoms with Crippen molar-refractivity contribution in [2.24, 2.45) is 7.05 Å². The highest BCUT2D eigenvalue weighted by Crippen LogP contribution is 2.44. The fourth-order valence-electron chi connectivity index (χ4n) is 5.18. The molecule has 2 aromatic rings. The van der Waals surface area contributed by atoms with Gasteiger partial charge in [-0.1, -0.05) is 12.1 Å². The van der Waals surface area contributed by atoms with E-state index in [0.29, 0.717) is 5.56 Å². The molecule has 3 heterocycles. The third-order valence-corrected chi connectivity index (χ3v) is 7.18. The molecule has 1 aromatic heterocycles. The van der Waals surface area contributed by atoms with E-state index in [1.807, 2.05) is 0 Å². The van der Waals surface area contributed by atoms with Gasteiger partial charge in [0.2, 0.25) is 11.8 Å². The van der Waals surface area contributed by atoms with E-state index in [9.17, 15) is 32.3 Å². The van der Waals surface area contributed by atoms with Crippen molar-refractivity contribution >= 4 is 23.8 Å². The van der Waals surface area contributed by atoms with Crippen LogP contribution in [-0.2, 0) is 40.6 Å². The minimum absolute atomic E-state index is 0.0165. The minimum Gasteiger partial charge on any atom is -0.446 e. The molecular formula is C24H23F4N5O5. The second-order valence-corrected chi connectivity index (χ2v) is 9.59. The van der Waals surface area contributed by atoms with Crippen LogP contribution in [0, 0.1) is 5.82 Å². The molecule has 38 heavy (non-hydrogen) atoms. The summed E-state index contributed by atoms with van der Waals surface area (Å²) in [5, 5.41) is 8.27. The van der Waals surface area contributed by atoms with Gasteiger partial charge in [0.15, 0.2) is 0 Å². The molecule has 10 nitrogen and oxygen atoms in total. The van der Waals surface area contributed by atoms with E-state index in [4.69, 9.17) is 4.74 Å². The molecule has 202 valence electrons. The zero-order valence-electron chi connectivity index (χ0n) is 20.1. The number of aryl methyl sites for hydroxylation is 1. The van der Waals surface area contributed by atoms with Crippen LogP contribution in [0.5, 0.6) is 0 Å². The van der Waals surface area contributed by atoms with Crippen LogP contribution in [-0.4, -0.2) is 50.6 Å². The lowest BCUT2D eigenvalue weighted by molar-refractivity contribution is -0.139. The Balaban J connectivity index is 1.16. The summed E-state index contributed by atoms with van der Waals surface area (Å²) >= 11 is 0. The Labute approximate surface area is 213 Å². The van der Waals surface area contributed by atoms with Crippen molar-refractivity contribution in [3.63, 3.8) is 0 Å². The first-order chi connectivity index (χ1) is 17.9. The minimum atomic E-state index is -4.53. The molecule has 2 fully saturated rings. The van der Waals surface area contributed by atoms with E-state index in [1.165, 1.54) is 28.8 Å². The monoisotopic (exact) mass is 537 g/mol. The number of fused-ring (bicyclic) bond motifs is 1. The summed E-state index contributed by atoms with van der Waals surface area (Å²) in [5.74, 6) is -3.01. The zero-order valence-corrected chi connectivity index (χ0v) is 20.1. The predicted molar refractivity (Wildman–Crippen MR) is 120 cm³/mol. The fraction of sp³-hybridized carbons (Fsp3) is 0.458. The van der Waals surface area contributed by atoms with Crippen LogP contribution < -0.4 is 10.6 Å². The highest BCUT2D eigenvalue weighted by atomic mass is 19.4. The number of alkyl halides is 3. The van der Waals surface area contributed by atoms with Crippen molar-refractivity contribution < 1.29 is 41.5 Å². The average molecular weight is 537 g/mol. The number of carbonyl (C=O) groups is 4. The van der Waals surface area contributed by atoms with E-state index in [2.05, 4.69) is 15.7 Å². The second kappa shape index (κ2) is 9.40. The number of halogens is 4. The molecule has 1 atom stereocenters. The number of hydrogen-bond acceptors (Lipinski definition) is 6. The molecule has 5 rings (SSSR count). The Kier molecular flexibility index (Phi) is 6.35. The number of nitrogens with zero attached hydrogens (tertiary/aromatic N) is 3. The van der Waals surface area contributed by atoms with Gasteiger partial charge in [0, 0.05) is 38.0 Å². The van der Waals surface area contributed by atoms with E-state index >= 15 is 4.39 Å². The zero-order chi connectivity index (χ0) is 27.4. The summed E-state index contributed by atoms with van der Waals surface area (Å²) < 4.78 is 61.2. The number of ether oxygens (including phenoxy) is 1. The van der Waals surface area contributed by atoms with Gasteiger partial charge in [-0.15, -0.1) is 0 Å². The van der Waals surface area contributed by atoms with Gasteiger partial charge in [-0.25, -0.2) is 9.18 Å². The average Bonchev–Trinajstić information content (AvgIpc) is 3.36. The lowest BCUT2D eigenvalue weighted by Gasteiger charge is -2.35. The smallest absolute Gasteiger partial charge is 0.419 e. The van der Waals surface area contributed by atoms with Gasteiger partial charge in [-0.2, -0.15) is 18.3 Å². The SMILES string of the molecule is Cn1ncc(C(F)(F)F)c1C1CC(OC(=O)NCc2ccc3c(c2F)C(=O)N(C2CCC(=O)NC2=O)C3)C1. The first-order valence-corrected chi connectivity index (χ1v) is 11.9. The molecule has 0 spiro atoms. The van der Waals surface area contributed by atoms with Crippen LogP contribution in [0.15, 0.2) is 18.3 Å². The van der Waals surface area contributed by atoms with E-state index < -0.39 is 59.4 Å². The fourth-order valence-corrected chi connectivity index (χ4v) is 5.18. The third-order valence-electron chi connectivity index (χ3n) is 7.18.